The maximum absolute atomic E-state index is 12.4. The number of nitrogens with one attached hydrogen (secondary N) is 1. The molecule has 22 heavy (non-hydrogen) atoms. The van der Waals surface area contributed by atoms with Gasteiger partial charge in [-0.25, -0.2) is 4.79 Å². The number of carbonyl (C=O) groups excluding carboxylic acids is 1. The molecule has 0 aromatic carbocycles. The number of carbonyl (C=O) groups is 1. The molecule has 2 aromatic heterocycles. The van der Waals surface area contributed by atoms with E-state index in [-0.39, 0.29) is 16.7 Å². The highest BCUT2D eigenvalue weighted by molar-refractivity contribution is 8.00. The van der Waals surface area contributed by atoms with Gasteiger partial charge < -0.3 is 4.74 Å². The van der Waals surface area contributed by atoms with Crippen molar-refractivity contribution in [3.8, 4) is 0 Å². The summed E-state index contributed by atoms with van der Waals surface area (Å²) < 4.78 is 42.4. The molecule has 0 aliphatic rings. The Balaban J connectivity index is 2.09. The van der Waals surface area contributed by atoms with Gasteiger partial charge in [0, 0.05) is 11.4 Å². The summed E-state index contributed by atoms with van der Waals surface area (Å²) in [5, 5.41) is 12.2. The van der Waals surface area contributed by atoms with E-state index in [1.165, 1.54) is 0 Å². The highest BCUT2D eigenvalue weighted by Gasteiger charge is 2.35. The number of esters is 1. The van der Waals surface area contributed by atoms with Crippen LogP contribution in [0.4, 0.5) is 13.2 Å². The predicted molar refractivity (Wildman–Crippen MR) is 73.8 cm³/mol. The summed E-state index contributed by atoms with van der Waals surface area (Å²) in [6.45, 7) is 3.57. The summed E-state index contributed by atoms with van der Waals surface area (Å²) in [4.78, 5) is 11.8. The van der Waals surface area contributed by atoms with Gasteiger partial charge in [-0.3, -0.25) is 5.10 Å². The maximum atomic E-state index is 12.4. The number of aryl methyl sites for hydroxylation is 1. The summed E-state index contributed by atoms with van der Waals surface area (Å²) in [6, 6.07) is 0. The van der Waals surface area contributed by atoms with Crippen LogP contribution < -0.4 is 0 Å². The van der Waals surface area contributed by atoms with E-state index < -0.39 is 17.2 Å². The molecule has 2 aromatic rings. The topological polar surface area (TPSA) is 80.8 Å². The van der Waals surface area contributed by atoms with Gasteiger partial charge >= 0.3 is 12.1 Å². The third-order valence-corrected chi connectivity index (χ3v) is 4.60. The van der Waals surface area contributed by atoms with Crippen molar-refractivity contribution in [3.05, 3.63) is 22.0 Å². The monoisotopic (exact) mass is 352 g/mol. The van der Waals surface area contributed by atoms with E-state index in [1.807, 2.05) is 0 Å². The van der Waals surface area contributed by atoms with Gasteiger partial charge in [0.05, 0.1) is 12.3 Å². The molecule has 0 fully saturated rings. The highest BCUT2D eigenvalue weighted by atomic mass is 32.2. The number of ether oxygens (including phenoxy) is 1. The Labute approximate surface area is 131 Å². The first kappa shape index (κ1) is 16.7. The van der Waals surface area contributed by atoms with Crippen LogP contribution in [0.25, 0.3) is 0 Å². The fourth-order valence-electron chi connectivity index (χ4n) is 1.57. The van der Waals surface area contributed by atoms with E-state index in [9.17, 15) is 18.0 Å². The molecule has 0 spiro atoms. The van der Waals surface area contributed by atoms with Crippen LogP contribution in [0, 0.1) is 6.92 Å². The lowest BCUT2D eigenvalue weighted by Gasteiger charge is -2.02. The van der Waals surface area contributed by atoms with Crippen LogP contribution in [-0.4, -0.2) is 33.0 Å². The molecule has 0 amide bonds. The number of nitrogens with zero attached hydrogens (tertiary/aromatic N) is 3. The number of hydrogen-bond donors (Lipinski definition) is 1. The van der Waals surface area contributed by atoms with Gasteiger partial charge in [-0.05, 0) is 13.8 Å². The zero-order chi connectivity index (χ0) is 16.3. The van der Waals surface area contributed by atoms with E-state index in [1.54, 1.807) is 13.8 Å². The van der Waals surface area contributed by atoms with Crippen LogP contribution in [0.5, 0.6) is 0 Å². The summed E-state index contributed by atoms with van der Waals surface area (Å²) in [6.07, 6.45) is -4.50. The Kier molecular flexibility index (Phi) is 5.06. The van der Waals surface area contributed by atoms with Crippen LogP contribution in [0.2, 0.25) is 0 Å². The van der Waals surface area contributed by atoms with E-state index in [0.717, 1.165) is 11.8 Å². The Hall–Kier alpha value is -1.62. The zero-order valence-corrected chi connectivity index (χ0v) is 13.2. The molecule has 1 N–H and O–H groups in total. The number of halogens is 3. The second-order valence-electron chi connectivity index (χ2n) is 4.05. The number of H-pyrrole nitrogens is 1. The quantitative estimate of drug-likeness (QED) is 0.658. The van der Waals surface area contributed by atoms with Gasteiger partial charge in [-0.15, -0.1) is 10.2 Å². The zero-order valence-electron chi connectivity index (χ0n) is 11.5. The minimum absolute atomic E-state index is 0.155. The van der Waals surface area contributed by atoms with E-state index in [4.69, 9.17) is 4.74 Å². The van der Waals surface area contributed by atoms with Crippen molar-refractivity contribution in [1.82, 2.24) is 20.4 Å². The first-order valence-electron chi connectivity index (χ1n) is 6.07. The third-order valence-electron chi connectivity index (χ3n) is 2.48. The minimum atomic E-state index is -4.50. The normalized spacial score (nSPS) is 11.7. The van der Waals surface area contributed by atoms with Crippen molar-refractivity contribution in [2.75, 3.05) is 6.61 Å². The molecule has 2 rings (SSSR count). The summed E-state index contributed by atoms with van der Waals surface area (Å²) in [5.41, 5.74) is 1.25. The molecule has 0 bridgehead atoms. The summed E-state index contributed by atoms with van der Waals surface area (Å²) >= 11 is 1.48. The van der Waals surface area contributed by atoms with Gasteiger partial charge in [0.25, 0.3) is 0 Å². The molecule has 2 heterocycles. The van der Waals surface area contributed by atoms with Gasteiger partial charge in [-0.2, -0.15) is 18.3 Å². The van der Waals surface area contributed by atoms with Gasteiger partial charge in [0.1, 0.15) is 5.56 Å². The van der Waals surface area contributed by atoms with E-state index in [2.05, 4.69) is 20.4 Å². The molecular weight excluding hydrogens is 341 g/mol. The lowest BCUT2D eigenvalue weighted by atomic mass is 10.2. The molecule has 0 aliphatic heterocycles. The molecule has 0 unspecified atom stereocenters. The third kappa shape index (κ3) is 3.77. The largest absolute Gasteiger partial charge is 0.462 e. The van der Waals surface area contributed by atoms with Crippen molar-refractivity contribution in [3.63, 3.8) is 0 Å². The standard InChI is InChI=1S/C11H11F3N4O2S2/c1-3-20-8(19)7-5(2)15-16-6(7)4-21-10-18-17-9(22-10)11(12,13)14/h3-4H2,1-2H3,(H,15,16). The number of aromatic amines is 1. The van der Waals surface area contributed by atoms with Crippen LogP contribution in [0.15, 0.2) is 4.34 Å². The SMILES string of the molecule is CCOC(=O)c1c(CSc2nnc(C(F)(F)F)s2)n[nH]c1C. The van der Waals surface area contributed by atoms with Crippen LogP contribution in [-0.2, 0) is 16.7 Å². The van der Waals surface area contributed by atoms with Gasteiger partial charge in [0.15, 0.2) is 4.34 Å². The van der Waals surface area contributed by atoms with Crippen molar-refractivity contribution < 1.29 is 22.7 Å². The van der Waals surface area contributed by atoms with Crippen molar-refractivity contribution in [1.29, 1.82) is 0 Å². The van der Waals surface area contributed by atoms with E-state index in [0.29, 0.717) is 28.3 Å². The number of hydrogen-bond acceptors (Lipinski definition) is 7. The van der Waals surface area contributed by atoms with E-state index >= 15 is 0 Å². The number of rotatable bonds is 5. The Morgan fingerprint density at radius 1 is 1.41 bits per heavy atom. The van der Waals surface area contributed by atoms with Gasteiger partial charge in [0.2, 0.25) is 5.01 Å². The molecule has 0 saturated heterocycles. The summed E-state index contributed by atoms with van der Waals surface area (Å²) in [7, 11) is 0. The number of alkyl halides is 3. The molecule has 0 saturated carbocycles. The van der Waals surface area contributed by atoms with Crippen molar-refractivity contribution >= 4 is 29.1 Å². The number of aromatic nitrogens is 4. The Bertz CT molecular complexity index is 669. The molecule has 0 aliphatic carbocycles. The average molecular weight is 352 g/mol. The van der Waals surface area contributed by atoms with Gasteiger partial charge in [-0.1, -0.05) is 23.1 Å². The highest BCUT2D eigenvalue weighted by Crippen LogP contribution is 2.35. The second-order valence-corrected chi connectivity index (χ2v) is 6.25. The lowest BCUT2D eigenvalue weighted by molar-refractivity contribution is -0.138. The number of thioether (sulfide) groups is 1. The Morgan fingerprint density at radius 3 is 2.73 bits per heavy atom. The van der Waals surface area contributed by atoms with Crippen LogP contribution in [0.3, 0.4) is 0 Å². The van der Waals surface area contributed by atoms with Crippen LogP contribution in [0.1, 0.15) is 33.7 Å². The Morgan fingerprint density at radius 2 is 2.14 bits per heavy atom. The molecular formula is C11H11F3N4O2S2. The fourth-order valence-corrected chi connectivity index (χ4v) is 3.23. The molecule has 6 nitrogen and oxygen atoms in total. The molecule has 0 atom stereocenters. The summed E-state index contributed by atoms with van der Waals surface area (Å²) in [5.74, 6) is -0.331. The van der Waals surface area contributed by atoms with Crippen molar-refractivity contribution in [2.24, 2.45) is 0 Å². The smallest absolute Gasteiger partial charge is 0.445 e. The van der Waals surface area contributed by atoms with Crippen molar-refractivity contribution in [2.45, 2.75) is 30.1 Å². The fraction of sp³-hybridized carbons (Fsp3) is 0.455. The first-order chi connectivity index (χ1) is 10.3. The predicted octanol–water partition coefficient (Wildman–Crippen LogP) is 3.06. The first-order valence-corrected chi connectivity index (χ1v) is 7.87. The maximum Gasteiger partial charge on any atom is 0.445 e. The van der Waals surface area contributed by atoms with Crippen LogP contribution >= 0.6 is 23.1 Å². The molecule has 11 heteroatoms. The second kappa shape index (κ2) is 6.65. The molecule has 0 radical (unpaired) electrons. The molecule has 120 valence electrons. The lowest BCUT2D eigenvalue weighted by Crippen LogP contribution is -2.07. The minimum Gasteiger partial charge on any atom is -0.462 e. The average Bonchev–Trinajstić information content (AvgIpc) is 3.02.